The summed E-state index contributed by atoms with van der Waals surface area (Å²) in [5.41, 5.74) is 6.13. The van der Waals surface area contributed by atoms with Gasteiger partial charge in [-0.15, -0.1) is 6.58 Å². The van der Waals surface area contributed by atoms with Gasteiger partial charge < -0.3 is 0 Å². The standard InChI is InChI=1S/C22H26.C3H6.C2H6/c1-6-13-19(9-4)22(21(14-7-2)15-8-3)18(5)20-16-11-10-12-17-20;1-3-2;1-2/h6-17H,2H2,1,3-5H3;3H,1H2,2H3;1-2H3/b13-6-,15-8-,19-9+,21-14+,22-18+;;. The summed E-state index contributed by atoms with van der Waals surface area (Å²) >= 11 is 0. The maximum atomic E-state index is 3.86. The van der Waals surface area contributed by atoms with E-state index in [1.807, 2.05) is 46.8 Å². The molecule has 0 saturated carbocycles. The molecule has 0 bridgehead atoms. The van der Waals surface area contributed by atoms with Crippen LogP contribution >= 0.6 is 0 Å². The number of hydrogen-bond acceptors (Lipinski definition) is 0. The number of benzene rings is 1. The van der Waals surface area contributed by atoms with Gasteiger partial charge in [-0.25, -0.2) is 0 Å². The van der Waals surface area contributed by atoms with Crippen molar-refractivity contribution in [3.05, 3.63) is 114 Å². The van der Waals surface area contributed by atoms with Crippen LogP contribution in [-0.4, -0.2) is 0 Å². The van der Waals surface area contributed by atoms with E-state index in [1.54, 1.807) is 6.08 Å². The second kappa shape index (κ2) is 18.2. The Labute approximate surface area is 168 Å². The van der Waals surface area contributed by atoms with Crippen molar-refractivity contribution in [2.75, 3.05) is 0 Å². The lowest BCUT2D eigenvalue weighted by Gasteiger charge is -2.15. The first-order valence-electron chi connectivity index (χ1n) is 9.69. The number of rotatable bonds is 6. The van der Waals surface area contributed by atoms with Crippen LogP contribution in [0.2, 0.25) is 0 Å². The highest BCUT2D eigenvalue weighted by atomic mass is 14.1. The van der Waals surface area contributed by atoms with E-state index in [2.05, 4.69) is 87.7 Å². The first-order chi connectivity index (χ1) is 13.1. The molecular weight excluding hydrogens is 324 g/mol. The van der Waals surface area contributed by atoms with Gasteiger partial charge in [0.1, 0.15) is 0 Å². The Hall–Kier alpha value is -2.60. The van der Waals surface area contributed by atoms with Crippen molar-refractivity contribution < 1.29 is 0 Å². The predicted octanol–water partition coefficient (Wildman–Crippen LogP) is 8.89. The monoisotopic (exact) mass is 362 g/mol. The van der Waals surface area contributed by atoms with Crippen LogP contribution in [0.1, 0.15) is 54.0 Å². The molecule has 0 unspecified atom stereocenters. The summed E-state index contributed by atoms with van der Waals surface area (Å²) in [6.07, 6.45) is 16.2. The molecule has 1 rings (SSSR count). The quantitative estimate of drug-likeness (QED) is 0.350. The lowest BCUT2D eigenvalue weighted by molar-refractivity contribution is 1.39. The van der Waals surface area contributed by atoms with Gasteiger partial charge in [-0.05, 0) is 62.5 Å². The summed E-state index contributed by atoms with van der Waals surface area (Å²) in [6, 6.07) is 10.5. The van der Waals surface area contributed by atoms with E-state index < -0.39 is 0 Å². The van der Waals surface area contributed by atoms with Crippen molar-refractivity contribution in [1.29, 1.82) is 0 Å². The normalized spacial score (nSPS) is 12.6. The van der Waals surface area contributed by atoms with Gasteiger partial charge in [0, 0.05) is 0 Å². The van der Waals surface area contributed by atoms with Crippen LogP contribution < -0.4 is 0 Å². The summed E-state index contributed by atoms with van der Waals surface area (Å²) in [6.45, 7) is 21.5. The molecular formula is C27H38. The Kier molecular flexibility index (Phi) is 17.9. The van der Waals surface area contributed by atoms with E-state index in [9.17, 15) is 0 Å². The van der Waals surface area contributed by atoms with Gasteiger partial charge in [-0.2, -0.15) is 0 Å². The Morgan fingerprint density at radius 2 is 1.30 bits per heavy atom. The second-order valence-corrected chi connectivity index (χ2v) is 5.38. The van der Waals surface area contributed by atoms with Gasteiger partial charge >= 0.3 is 0 Å². The minimum atomic E-state index is 1.17. The fraction of sp³-hybridized carbons (Fsp3) is 0.259. The first-order valence-corrected chi connectivity index (χ1v) is 9.69. The van der Waals surface area contributed by atoms with Crippen LogP contribution in [0.25, 0.3) is 5.57 Å². The fourth-order valence-corrected chi connectivity index (χ4v) is 2.46. The highest BCUT2D eigenvalue weighted by Gasteiger charge is 2.11. The number of allylic oxidation sites excluding steroid dienone is 12. The van der Waals surface area contributed by atoms with E-state index in [0.717, 1.165) is 0 Å². The summed E-state index contributed by atoms with van der Waals surface area (Å²) in [7, 11) is 0. The van der Waals surface area contributed by atoms with Crippen molar-refractivity contribution in [3.8, 4) is 0 Å². The zero-order valence-corrected chi connectivity index (χ0v) is 18.4. The fourth-order valence-electron chi connectivity index (χ4n) is 2.46. The van der Waals surface area contributed by atoms with E-state index in [4.69, 9.17) is 0 Å². The minimum Gasteiger partial charge on any atom is -0.103 e. The van der Waals surface area contributed by atoms with Gasteiger partial charge in [0.25, 0.3) is 0 Å². The largest absolute Gasteiger partial charge is 0.103 e. The molecule has 0 nitrogen and oxygen atoms in total. The molecule has 0 amide bonds. The third kappa shape index (κ3) is 10.2. The van der Waals surface area contributed by atoms with Crippen LogP contribution in [-0.2, 0) is 0 Å². The van der Waals surface area contributed by atoms with Crippen molar-refractivity contribution in [2.24, 2.45) is 0 Å². The maximum Gasteiger partial charge on any atom is -0.00797 e. The van der Waals surface area contributed by atoms with Gasteiger partial charge in [-0.3, -0.25) is 0 Å². The summed E-state index contributed by atoms with van der Waals surface area (Å²) < 4.78 is 0. The molecule has 0 atom stereocenters. The molecule has 146 valence electrons. The molecule has 1 aromatic carbocycles. The lowest BCUT2D eigenvalue weighted by atomic mass is 9.89. The van der Waals surface area contributed by atoms with Crippen molar-refractivity contribution in [1.82, 2.24) is 0 Å². The highest BCUT2D eigenvalue weighted by Crippen LogP contribution is 2.31. The molecule has 1 aromatic rings. The Morgan fingerprint density at radius 1 is 0.815 bits per heavy atom. The van der Waals surface area contributed by atoms with Crippen LogP contribution in [0.3, 0.4) is 0 Å². The van der Waals surface area contributed by atoms with Crippen molar-refractivity contribution in [2.45, 2.75) is 48.5 Å². The van der Waals surface area contributed by atoms with E-state index in [0.29, 0.717) is 0 Å². The van der Waals surface area contributed by atoms with Gasteiger partial charge in [0.05, 0.1) is 0 Å². The second-order valence-electron chi connectivity index (χ2n) is 5.38. The molecule has 0 aliphatic heterocycles. The summed E-state index contributed by atoms with van der Waals surface area (Å²) in [5.74, 6) is 0. The van der Waals surface area contributed by atoms with Crippen molar-refractivity contribution in [3.63, 3.8) is 0 Å². The van der Waals surface area contributed by atoms with Crippen LogP contribution in [0.4, 0.5) is 0 Å². The van der Waals surface area contributed by atoms with E-state index in [1.165, 1.54) is 27.9 Å². The van der Waals surface area contributed by atoms with E-state index in [-0.39, 0.29) is 0 Å². The molecule has 0 fully saturated rings. The molecule has 27 heavy (non-hydrogen) atoms. The first kappa shape index (κ1) is 26.6. The van der Waals surface area contributed by atoms with Crippen LogP contribution in [0.15, 0.2) is 109 Å². The molecule has 0 spiro atoms. The van der Waals surface area contributed by atoms with Gasteiger partial charge in [-0.1, -0.05) is 99.4 Å². The molecule has 0 heterocycles. The van der Waals surface area contributed by atoms with Gasteiger partial charge in [0.2, 0.25) is 0 Å². The minimum absolute atomic E-state index is 1.17. The Bertz CT molecular complexity index is 674. The molecule has 0 N–H and O–H groups in total. The lowest BCUT2D eigenvalue weighted by Crippen LogP contribution is -1.96. The smallest absolute Gasteiger partial charge is 0.00797 e. The number of hydrogen-bond donors (Lipinski definition) is 0. The molecule has 0 aliphatic carbocycles. The molecule has 0 aromatic heterocycles. The van der Waals surface area contributed by atoms with E-state index >= 15 is 0 Å². The maximum absolute atomic E-state index is 3.86. The molecule has 0 saturated heterocycles. The van der Waals surface area contributed by atoms with Gasteiger partial charge in [0.15, 0.2) is 0 Å². The molecule has 0 aliphatic rings. The SMILES string of the molecule is C=C/C=C(\C=C/C)C(/C(/C=C\C)=C/C)=C(\C)c1ccccc1.C=CC.CC. The topological polar surface area (TPSA) is 0 Å². The summed E-state index contributed by atoms with van der Waals surface area (Å²) in [5, 5.41) is 0. The molecule has 0 radical (unpaired) electrons. The third-order valence-corrected chi connectivity index (χ3v) is 3.46. The predicted molar refractivity (Wildman–Crippen MR) is 128 cm³/mol. The highest BCUT2D eigenvalue weighted by molar-refractivity contribution is 5.78. The van der Waals surface area contributed by atoms with Crippen LogP contribution in [0.5, 0.6) is 0 Å². The van der Waals surface area contributed by atoms with Crippen LogP contribution in [0, 0.1) is 0 Å². The third-order valence-electron chi connectivity index (χ3n) is 3.46. The zero-order valence-electron chi connectivity index (χ0n) is 18.4. The average molecular weight is 363 g/mol. The Balaban J connectivity index is 0. The summed E-state index contributed by atoms with van der Waals surface area (Å²) in [4.78, 5) is 0. The molecule has 0 heteroatoms. The Morgan fingerprint density at radius 3 is 1.70 bits per heavy atom. The zero-order chi connectivity index (χ0) is 21.1. The average Bonchev–Trinajstić information content (AvgIpc) is 2.70. The van der Waals surface area contributed by atoms with Crippen molar-refractivity contribution >= 4 is 5.57 Å².